The molecule has 5 amide bonds. The number of aromatic nitrogens is 3. The van der Waals surface area contributed by atoms with Gasteiger partial charge in [-0.2, -0.15) is 0 Å². The number of nitrogens with two attached hydrogens (primary N) is 1. The number of urea groups is 1. The zero-order chi connectivity index (χ0) is 40.2. The van der Waals surface area contributed by atoms with Crippen molar-refractivity contribution in [2.75, 3.05) is 0 Å². The molecule has 1 fully saturated rings. The summed E-state index contributed by atoms with van der Waals surface area (Å²) in [6, 6.07) is 3.93. The Morgan fingerprint density at radius 3 is 2.29 bits per heavy atom. The number of carbonyl (C=O) groups excluding carboxylic acids is 6. The van der Waals surface area contributed by atoms with E-state index in [1.807, 2.05) is 0 Å². The molecule has 0 saturated carbocycles. The molecule has 1 saturated heterocycles. The number of amides is 5. The quantitative estimate of drug-likeness (QED) is 0.0582. The summed E-state index contributed by atoms with van der Waals surface area (Å²) in [7, 11) is 0. The third-order valence-electron chi connectivity index (χ3n) is 8.97. The van der Waals surface area contributed by atoms with Crippen LogP contribution in [0.2, 0.25) is 0 Å². The van der Waals surface area contributed by atoms with Crippen LogP contribution in [0.3, 0.4) is 0 Å². The maximum Gasteiger partial charge on any atom is 0.337 e. The van der Waals surface area contributed by atoms with Gasteiger partial charge in [-0.1, -0.05) is 68.2 Å². The zero-order valence-electron chi connectivity index (χ0n) is 31.4. The van der Waals surface area contributed by atoms with Crippen molar-refractivity contribution >= 4 is 47.1 Å². The first kappa shape index (κ1) is 43.7. The summed E-state index contributed by atoms with van der Waals surface area (Å²) >= 11 is 0. The Labute approximate surface area is 320 Å². The summed E-state index contributed by atoms with van der Waals surface area (Å²) in [6.07, 6.45) is 6.30. The molecule has 1 aromatic heterocycles. The molecule has 18 heteroatoms. The number of carboxylic acids is 1. The van der Waals surface area contributed by atoms with Gasteiger partial charge < -0.3 is 26.8 Å². The second-order valence-electron chi connectivity index (χ2n) is 13.7. The Kier molecular flexibility index (Phi) is 18.4. The van der Waals surface area contributed by atoms with Crippen molar-refractivity contribution in [2.24, 2.45) is 5.73 Å². The van der Waals surface area contributed by atoms with Crippen molar-refractivity contribution in [3.63, 3.8) is 0 Å². The number of hydrogen-bond donors (Lipinski definition) is 7. The predicted octanol–water partition coefficient (Wildman–Crippen LogP) is 2.06. The molecule has 2 aromatic rings. The number of hydrazine groups is 1. The fourth-order valence-corrected chi connectivity index (χ4v) is 5.94. The third kappa shape index (κ3) is 16.5. The second-order valence-corrected chi connectivity index (χ2v) is 13.7. The number of rotatable bonds is 20. The number of benzene rings is 1. The molecule has 1 aliphatic heterocycles. The molecule has 1 aliphatic rings. The van der Waals surface area contributed by atoms with Crippen molar-refractivity contribution in [2.45, 2.75) is 134 Å². The Morgan fingerprint density at radius 1 is 0.873 bits per heavy atom. The molecular weight excluding hydrogens is 712 g/mol. The lowest BCUT2D eigenvalue weighted by Crippen LogP contribution is -2.59. The van der Waals surface area contributed by atoms with E-state index < -0.39 is 60.1 Å². The molecule has 2 heterocycles. The number of carboxylic acid groups (broad SMARTS) is 1. The van der Waals surface area contributed by atoms with Crippen LogP contribution in [0.15, 0.2) is 36.5 Å². The molecule has 0 radical (unpaired) electrons. The van der Waals surface area contributed by atoms with E-state index in [0.717, 1.165) is 30.0 Å². The van der Waals surface area contributed by atoms with E-state index in [2.05, 4.69) is 38.6 Å². The number of amidine groups is 1. The van der Waals surface area contributed by atoms with Gasteiger partial charge in [0.25, 0.3) is 5.91 Å². The van der Waals surface area contributed by atoms with Gasteiger partial charge >= 0.3 is 12.0 Å². The Hall–Kier alpha value is -5.68. The molecule has 300 valence electrons. The van der Waals surface area contributed by atoms with Crippen molar-refractivity contribution in [1.82, 2.24) is 41.4 Å². The van der Waals surface area contributed by atoms with Crippen molar-refractivity contribution < 1.29 is 38.7 Å². The van der Waals surface area contributed by atoms with Crippen LogP contribution in [0.4, 0.5) is 4.79 Å². The summed E-state index contributed by atoms with van der Waals surface area (Å²) in [5, 5.41) is 33.8. The van der Waals surface area contributed by atoms with Gasteiger partial charge in [0.15, 0.2) is 11.6 Å². The largest absolute Gasteiger partial charge is 0.481 e. The third-order valence-corrected chi connectivity index (χ3v) is 8.97. The standard InChI is InChI=1S/C37H54N10O8/c1-2-3-14-26-23-46(45-43-26)24-27(48)15-8-5-9-17-29-35(53)41-28(16-10-11-18-32(38)39)31(49)19-20-33(50)40-30(21-34(51)52)36(54)44-47(37(55)42-29)22-25-12-6-4-7-13-25/h4,6-7,12-13,23,28-30H,2-3,5,8-11,14-22,24H2,1H3,(H3,38,39)(H,40,50)(H,41,53)(H,42,55)(H,44,54)(H,51,52)/t28-,29-,30-/m0/s1. The monoisotopic (exact) mass is 766 g/mol. The van der Waals surface area contributed by atoms with Crippen LogP contribution < -0.4 is 27.1 Å². The Bertz CT molecular complexity index is 1630. The van der Waals surface area contributed by atoms with Crippen LogP contribution in [0.5, 0.6) is 0 Å². The first-order chi connectivity index (χ1) is 26.3. The second kappa shape index (κ2) is 23.2. The van der Waals surface area contributed by atoms with Gasteiger partial charge in [0.05, 0.1) is 30.5 Å². The number of hydrogen-bond acceptors (Lipinski definition) is 10. The highest BCUT2D eigenvalue weighted by Gasteiger charge is 2.32. The molecular formula is C37H54N10O8. The first-order valence-corrected chi connectivity index (χ1v) is 18.8. The van der Waals surface area contributed by atoms with Crippen LogP contribution in [-0.2, 0) is 48.3 Å². The van der Waals surface area contributed by atoms with Crippen molar-refractivity contribution in [3.05, 3.63) is 47.8 Å². The molecule has 0 unspecified atom stereocenters. The number of ketones is 2. The number of Topliss-reactive ketones (excluding diaryl/α,β-unsaturated/α-hetero) is 2. The van der Waals surface area contributed by atoms with E-state index in [0.29, 0.717) is 44.1 Å². The minimum Gasteiger partial charge on any atom is -0.481 e. The molecule has 3 atom stereocenters. The van der Waals surface area contributed by atoms with Gasteiger partial charge in [-0.15, -0.1) is 5.10 Å². The fraction of sp³-hybridized carbons (Fsp3) is 0.568. The lowest BCUT2D eigenvalue weighted by molar-refractivity contribution is -0.141. The van der Waals surface area contributed by atoms with E-state index in [-0.39, 0.29) is 56.8 Å². The highest BCUT2D eigenvalue weighted by molar-refractivity contribution is 5.96. The number of aliphatic carboxylic acids is 1. The molecule has 1 aromatic carbocycles. The molecule has 3 rings (SSSR count). The van der Waals surface area contributed by atoms with E-state index >= 15 is 0 Å². The molecule has 0 spiro atoms. The molecule has 0 aliphatic carbocycles. The maximum absolute atomic E-state index is 13.9. The van der Waals surface area contributed by atoms with Gasteiger partial charge in [0, 0.05) is 31.9 Å². The molecule has 8 N–H and O–H groups in total. The predicted molar refractivity (Wildman–Crippen MR) is 200 cm³/mol. The topological polar surface area (TPSA) is 272 Å². The number of aryl methyl sites for hydroxylation is 1. The minimum absolute atomic E-state index is 0.0207. The molecule has 0 bridgehead atoms. The summed E-state index contributed by atoms with van der Waals surface area (Å²) in [4.78, 5) is 91.6. The lowest BCUT2D eigenvalue weighted by atomic mass is 9.99. The summed E-state index contributed by atoms with van der Waals surface area (Å²) in [5.41, 5.74) is 9.31. The maximum atomic E-state index is 13.9. The Balaban J connectivity index is 1.80. The zero-order valence-corrected chi connectivity index (χ0v) is 31.4. The average Bonchev–Trinajstić information content (AvgIpc) is 3.59. The molecule has 18 nitrogen and oxygen atoms in total. The number of carbonyl (C=O) groups is 7. The van der Waals surface area contributed by atoms with E-state index in [9.17, 15) is 38.7 Å². The highest BCUT2D eigenvalue weighted by atomic mass is 16.4. The van der Waals surface area contributed by atoms with Crippen molar-refractivity contribution in [1.29, 1.82) is 5.41 Å². The SMILES string of the molecule is CCCCc1cn(CC(=O)CCCCC[C@@H]2NC(=O)N(Cc3ccccc3)NC(=O)[C@H](CC(=O)O)NC(=O)CCC(=O)[C@H](CCCCC(=N)N)NC2=O)nn1. The van der Waals surface area contributed by atoms with E-state index in [4.69, 9.17) is 11.1 Å². The van der Waals surface area contributed by atoms with E-state index in [1.54, 1.807) is 36.5 Å². The minimum atomic E-state index is -1.58. The van der Waals surface area contributed by atoms with Crippen LogP contribution >= 0.6 is 0 Å². The van der Waals surface area contributed by atoms with Crippen LogP contribution in [0.1, 0.15) is 108 Å². The molecule has 55 heavy (non-hydrogen) atoms. The number of nitrogens with one attached hydrogen (secondary N) is 5. The lowest BCUT2D eigenvalue weighted by Gasteiger charge is -2.28. The number of nitrogens with zero attached hydrogens (tertiary/aromatic N) is 4. The van der Waals surface area contributed by atoms with Gasteiger partial charge in [0.1, 0.15) is 18.6 Å². The van der Waals surface area contributed by atoms with E-state index in [1.165, 1.54) is 4.68 Å². The van der Waals surface area contributed by atoms with Gasteiger partial charge in [-0.25, -0.2) is 14.5 Å². The van der Waals surface area contributed by atoms with Crippen LogP contribution in [0.25, 0.3) is 0 Å². The summed E-state index contributed by atoms with van der Waals surface area (Å²) < 4.78 is 1.53. The van der Waals surface area contributed by atoms with Gasteiger partial charge in [-0.05, 0) is 44.1 Å². The normalized spacial score (nSPS) is 18.7. The Morgan fingerprint density at radius 2 is 1.58 bits per heavy atom. The smallest absolute Gasteiger partial charge is 0.337 e. The van der Waals surface area contributed by atoms with Crippen LogP contribution in [-0.4, -0.2) is 90.4 Å². The van der Waals surface area contributed by atoms with Gasteiger partial charge in [0.2, 0.25) is 11.8 Å². The first-order valence-electron chi connectivity index (χ1n) is 18.8. The average molecular weight is 767 g/mol. The van der Waals surface area contributed by atoms with Gasteiger partial charge in [-0.3, -0.25) is 39.6 Å². The highest BCUT2D eigenvalue weighted by Crippen LogP contribution is 2.13. The fourth-order valence-electron chi connectivity index (χ4n) is 5.94. The number of unbranched alkanes of at least 4 members (excludes halogenated alkanes) is 4. The summed E-state index contributed by atoms with van der Waals surface area (Å²) in [6.45, 7) is 2.01. The van der Waals surface area contributed by atoms with Crippen LogP contribution in [0, 0.1) is 5.41 Å². The summed E-state index contributed by atoms with van der Waals surface area (Å²) in [5.74, 6) is -4.31. The van der Waals surface area contributed by atoms with Crippen molar-refractivity contribution in [3.8, 4) is 0 Å².